The number of sulfone groups is 1. The van der Waals surface area contributed by atoms with Crippen LogP contribution in [0.4, 0.5) is 8.78 Å². The van der Waals surface area contributed by atoms with Gasteiger partial charge in [-0.2, -0.15) is 0 Å². The summed E-state index contributed by atoms with van der Waals surface area (Å²) in [5, 5.41) is 20.1. The molecule has 0 radical (unpaired) electrons. The van der Waals surface area contributed by atoms with Crippen LogP contribution in [0.2, 0.25) is 0 Å². The van der Waals surface area contributed by atoms with Crippen LogP contribution in [0.5, 0.6) is 0 Å². The minimum absolute atomic E-state index is 0.269. The van der Waals surface area contributed by atoms with Crippen molar-refractivity contribution in [3.63, 3.8) is 0 Å². The average molecular weight is 543 g/mol. The van der Waals surface area contributed by atoms with E-state index in [1.807, 2.05) is 0 Å². The fourth-order valence-corrected chi connectivity index (χ4v) is 5.22. The molecular weight excluding hydrogens is 510 g/mol. The molecule has 0 unspecified atom stereocenters. The van der Waals surface area contributed by atoms with Crippen LogP contribution in [-0.4, -0.2) is 34.4 Å². The molecule has 0 amide bonds. The van der Waals surface area contributed by atoms with Crippen LogP contribution in [0.15, 0.2) is 84.2 Å². The van der Waals surface area contributed by atoms with E-state index in [9.17, 15) is 27.4 Å². The highest BCUT2D eigenvalue weighted by Crippen LogP contribution is 2.37. The molecule has 3 rings (SSSR count). The Hall–Kier alpha value is -3.40. The average Bonchev–Trinajstić information content (AvgIpc) is 3.30. The van der Waals surface area contributed by atoms with E-state index >= 15 is 0 Å². The van der Waals surface area contributed by atoms with Gasteiger partial charge in [-0.25, -0.2) is 22.2 Å². The third-order valence-electron chi connectivity index (χ3n) is 6.40. The second-order valence-electron chi connectivity index (χ2n) is 10.1. The van der Waals surface area contributed by atoms with Gasteiger partial charge in [-0.1, -0.05) is 31.4 Å². The van der Waals surface area contributed by atoms with E-state index in [1.165, 1.54) is 18.2 Å². The highest BCUT2D eigenvalue weighted by molar-refractivity contribution is 7.90. The van der Waals surface area contributed by atoms with E-state index in [0.717, 1.165) is 12.3 Å². The highest BCUT2D eigenvalue weighted by atomic mass is 32.2. The van der Waals surface area contributed by atoms with Crippen LogP contribution in [0.3, 0.4) is 0 Å². The Morgan fingerprint density at radius 3 is 2.16 bits per heavy atom. The Morgan fingerprint density at radius 2 is 1.68 bits per heavy atom. The number of allylic oxidation sites excluding steroid dienone is 4. The third-order valence-corrected chi connectivity index (χ3v) is 7.56. The minimum Gasteiger partial charge on any atom is -0.392 e. The van der Waals surface area contributed by atoms with Gasteiger partial charge in [-0.15, -0.1) is 0 Å². The van der Waals surface area contributed by atoms with Gasteiger partial charge in [-0.3, -0.25) is 0 Å². The first-order chi connectivity index (χ1) is 17.6. The van der Waals surface area contributed by atoms with Crippen molar-refractivity contribution in [1.29, 1.82) is 0 Å². The molecule has 0 spiro atoms. The molecule has 0 aliphatic heterocycles. The third kappa shape index (κ3) is 5.55. The molecule has 6 nitrogen and oxygen atoms in total. The van der Waals surface area contributed by atoms with Crippen molar-refractivity contribution < 1.29 is 27.4 Å². The molecule has 3 aromatic rings. The smallest absolute Gasteiger partial charge is 0.176 e. The molecule has 0 aliphatic rings. The molecule has 2 aromatic carbocycles. The molecule has 0 saturated carbocycles. The van der Waals surface area contributed by atoms with Gasteiger partial charge in [0, 0.05) is 29.3 Å². The second-order valence-corrected chi connectivity index (χ2v) is 12.1. The lowest BCUT2D eigenvalue weighted by molar-refractivity contribution is 0.0740. The maximum atomic E-state index is 14.7. The van der Waals surface area contributed by atoms with Gasteiger partial charge in [0.05, 0.1) is 22.6 Å². The van der Waals surface area contributed by atoms with Crippen molar-refractivity contribution in [2.75, 3.05) is 6.26 Å². The lowest BCUT2D eigenvalue weighted by Gasteiger charge is -2.27. The van der Waals surface area contributed by atoms with Gasteiger partial charge in [0.1, 0.15) is 23.1 Å². The van der Waals surface area contributed by atoms with Crippen LogP contribution in [0.25, 0.3) is 16.8 Å². The summed E-state index contributed by atoms with van der Waals surface area (Å²) < 4.78 is 55.5. The molecule has 202 valence electrons. The van der Waals surface area contributed by atoms with Crippen LogP contribution in [-0.2, 0) is 27.5 Å². The predicted molar refractivity (Wildman–Crippen MR) is 145 cm³/mol. The van der Waals surface area contributed by atoms with Crippen LogP contribution in [0, 0.1) is 5.82 Å². The first-order valence-corrected chi connectivity index (χ1v) is 13.7. The zero-order valence-electron chi connectivity index (χ0n) is 22.1. The van der Waals surface area contributed by atoms with E-state index in [-0.39, 0.29) is 16.0 Å². The summed E-state index contributed by atoms with van der Waals surface area (Å²) in [5.74, 6) is -0.933. The predicted octanol–water partition coefficient (Wildman–Crippen LogP) is 5.67. The normalized spacial score (nSPS) is 13.3. The Morgan fingerprint density at radius 1 is 1.08 bits per heavy atom. The number of aliphatic hydroxyl groups excluding tert-OH is 1. The van der Waals surface area contributed by atoms with Crippen molar-refractivity contribution in [3.05, 3.63) is 102 Å². The monoisotopic (exact) mass is 542 g/mol. The lowest BCUT2D eigenvalue weighted by Crippen LogP contribution is -2.25. The van der Waals surface area contributed by atoms with Gasteiger partial charge in [0.2, 0.25) is 0 Å². The summed E-state index contributed by atoms with van der Waals surface area (Å²) in [7, 11) is -3.79. The van der Waals surface area contributed by atoms with Gasteiger partial charge < -0.3 is 14.8 Å². The fourth-order valence-electron chi connectivity index (χ4n) is 4.27. The zero-order valence-corrected chi connectivity index (χ0v) is 22.9. The number of hydrogen-bond donors (Lipinski definition) is 2. The topological polar surface area (TPSA) is 92.4 Å². The van der Waals surface area contributed by atoms with Crippen molar-refractivity contribution in [2.45, 2.75) is 50.2 Å². The highest BCUT2D eigenvalue weighted by Gasteiger charge is 2.34. The SMILES string of the molecule is C=CC(F)=C(C=C)C(C)(C)c1nc(C(C)(C)O)cn1-c1ccc(-c2cc(F)c(CO)c(S(C)(=O)=O)c2)cc1. The fraction of sp³-hybridized carbons (Fsp3) is 0.276. The van der Waals surface area contributed by atoms with Crippen molar-refractivity contribution >= 4 is 9.84 Å². The summed E-state index contributed by atoms with van der Waals surface area (Å²) in [5.41, 5.74) is -0.421. The molecule has 1 heterocycles. The number of aliphatic hydroxyl groups is 2. The molecule has 0 fully saturated rings. The number of aromatic nitrogens is 2. The number of rotatable bonds is 9. The Bertz CT molecular complexity index is 1530. The Kier molecular flexibility index (Phi) is 7.98. The summed E-state index contributed by atoms with van der Waals surface area (Å²) in [6.45, 7) is 13.3. The molecule has 9 heteroatoms. The molecule has 0 atom stereocenters. The number of halogens is 2. The molecule has 0 aliphatic carbocycles. The molecule has 0 bridgehead atoms. The summed E-state index contributed by atoms with van der Waals surface area (Å²) >= 11 is 0. The lowest BCUT2D eigenvalue weighted by atomic mass is 9.82. The Labute approximate surface area is 222 Å². The van der Waals surface area contributed by atoms with E-state index in [0.29, 0.717) is 28.3 Å². The van der Waals surface area contributed by atoms with E-state index < -0.39 is 39.1 Å². The maximum Gasteiger partial charge on any atom is 0.176 e. The van der Waals surface area contributed by atoms with Crippen LogP contribution < -0.4 is 0 Å². The van der Waals surface area contributed by atoms with E-state index in [4.69, 9.17) is 0 Å². The van der Waals surface area contributed by atoms with Gasteiger partial charge in [-0.05, 0) is 69.2 Å². The molecule has 1 aromatic heterocycles. The number of hydrogen-bond acceptors (Lipinski definition) is 5. The first-order valence-electron chi connectivity index (χ1n) is 11.8. The van der Waals surface area contributed by atoms with Crippen LogP contribution in [0.1, 0.15) is 44.8 Å². The van der Waals surface area contributed by atoms with Gasteiger partial charge in [0.15, 0.2) is 9.84 Å². The van der Waals surface area contributed by atoms with E-state index in [1.54, 1.807) is 62.7 Å². The summed E-state index contributed by atoms with van der Waals surface area (Å²) in [4.78, 5) is 4.38. The number of nitrogens with zero attached hydrogens (tertiary/aromatic N) is 2. The second kappa shape index (κ2) is 10.4. The largest absolute Gasteiger partial charge is 0.392 e. The molecule has 2 N–H and O–H groups in total. The number of benzene rings is 2. The van der Waals surface area contributed by atoms with E-state index in [2.05, 4.69) is 18.1 Å². The van der Waals surface area contributed by atoms with Crippen molar-refractivity contribution in [3.8, 4) is 16.8 Å². The summed E-state index contributed by atoms with van der Waals surface area (Å²) in [6.07, 6.45) is 5.13. The standard InChI is InChI=1S/C29H32F2N2O4S/c1-8-22(23(30)9-2)28(3,4)27-32-26(29(5,6)35)16-33(27)20-12-10-18(11-13-20)19-14-24(31)21(17-34)25(15-19)38(7,36)37/h8-16,34-35H,1-2,17H2,3-7H3. The molecule has 0 saturated heterocycles. The maximum absolute atomic E-state index is 14.7. The van der Waals surface area contributed by atoms with Crippen LogP contribution >= 0.6 is 0 Å². The first kappa shape index (κ1) is 29.2. The minimum atomic E-state index is -3.79. The van der Waals surface area contributed by atoms with Crippen molar-refractivity contribution in [2.24, 2.45) is 0 Å². The Balaban J connectivity index is 2.20. The van der Waals surface area contributed by atoms with Gasteiger partial charge >= 0.3 is 0 Å². The zero-order chi connectivity index (χ0) is 28.6. The summed E-state index contributed by atoms with van der Waals surface area (Å²) in [6, 6.07) is 9.32. The van der Waals surface area contributed by atoms with Gasteiger partial charge in [0.25, 0.3) is 0 Å². The number of imidazole rings is 1. The quantitative estimate of drug-likeness (QED) is 0.340. The van der Waals surface area contributed by atoms with Crippen molar-refractivity contribution in [1.82, 2.24) is 9.55 Å². The molecule has 38 heavy (non-hydrogen) atoms. The molecular formula is C29H32F2N2O4S.